The molecule has 1 aromatic rings. The maximum absolute atomic E-state index is 12.9. The summed E-state index contributed by atoms with van der Waals surface area (Å²) in [7, 11) is 1.52. The molecule has 2 rings (SSSR count). The summed E-state index contributed by atoms with van der Waals surface area (Å²) in [5.41, 5.74) is 2.09. The van der Waals surface area contributed by atoms with Crippen molar-refractivity contribution in [1.29, 1.82) is 0 Å². The van der Waals surface area contributed by atoms with Gasteiger partial charge in [-0.3, -0.25) is 9.59 Å². The fourth-order valence-corrected chi connectivity index (χ4v) is 3.35. The van der Waals surface area contributed by atoms with E-state index in [0.29, 0.717) is 30.0 Å². The summed E-state index contributed by atoms with van der Waals surface area (Å²) < 4.78 is 5.28. The van der Waals surface area contributed by atoms with E-state index in [9.17, 15) is 14.7 Å². The van der Waals surface area contributed by atoms with Gasteiger partial charge in [-0.1, -0.05) is 37.2 Å². The Hall–Kier alpha value is -3.09. The molecule has 0 heterocycles. The van der Waals surface area contributed by atoms with Crippen molar-refractivity contribution < 1.29 is 24.3 Å². The number of amides is 1. The largest absolute Gasteiger partial charge is 0.511 e. The fourth-order valence-electron chi connectivity index (χ4n) is 3.35. The van der Waals surface area contributed by atoms with Gasteiger partial charge in [0.2, 0.25) is 5.91 Å². The van der Waals surface area contributed by atoms with Crippen LogP contribution in [0.15, 0.2) is 47.3 Å². The molecule has 0 saturated carbocycles. The first-order valence-electron chi connectivity index (χ1n) is 9.62. The summed E-state index contributed by atoms with van der Waals surface area (Å²) in [6, 6.07) is 5.37. The number of anilines is 1. The second-order valence-electron chi connectivity index (χ2n) is 6.86. The van der Waals surface area contributed by atoms with Crippen molar-refractivity contribution in [1.82, 2.24) is 0 Å². The van der Waals surface area contributed by atoms with E-state index in [-0.39, 0.29) is 42.0 Å². The minimum atomic E-state index is -0.217. The summed E-state index contributed by atoms with van der Waals surface area (Å²) >= 11 is 0. The third kappa shape index (κ3) is 5.70. The van der Waals surface area contributed by atoms with Gasteiger partial charge in [-0.15, -0.1) is 0 Å². The number of hydrogen-bond acceptors (Lipinski definition) is 6. The lowest BCUT2D eigenvalue weighted by molar-refractivity contribution is -0.116. The van der Waals surface area contributed by atoms with E-state index in [2.05, 4.69) is 17.1 Å². The first-order valence-corrected chi connectivity index (χ1v) is 9.62. The van der Waals surface area contributed by atoms with Crippen LogP contribution in [0.3, 0.4) is 0 Å². The van der Waals surface area contributed by atoms with Crippen molar-refractivity contribution in [2.45, 2.75) is 45.4 Å². The lowest BCUT2D eigenvalue weighted by Gasteiger charge is -2.25. The van der Waals surface area contributed by atoms with Crippen molar-refractivity contribution >= 4 is 23.1 Å². The minimum absolute atomic E-state index is 0.0116. The number of aliphatic hydroxyl groups is 1. The normalized spacial score (nSPS) is 17.1. The highest BCUT2D eigenvalue weighted by Crippen LogP contribution is 2.37. The third-order valence-electron chi connectivity index (χ3n) is 4.59. The van der Waals surface area contributed by atoms with Crippen molar-refractivity contribution in [3.8, 4) is 5.75 Å². The predicted octanol–water partition coefficient (Wildman–Crippen LogP) is 4.27. The molecule has 0 saturated heterocycles. The van der Waals surface area contributed by atoms with Gasteiger partial charge in [0.1, 0.15) is 18.1 Å². The van der Waals surface area contributed by atoms with Crippen LogP contribution >= 0.6 is 0 Å². The molecule has 0 bridgehead atoms. The lowest BCUT2D eigenvalue weighted by Crippen LogP contribution is -2.24. The van der Waals surface area contributed by atoms with Crippen LogP contribution in [0.1, 0.15) is 51.0 Å². The van der Waals surface area contributed by atoms with E-state index < -0.39 is 0 Å². The van der Waals surface area contributed by atoms with Crippen molar-refractivity contribution in [3.63, 3.8) is 0 Å². The van der Waals surface area contributed by atoms with E-state index in [1.807, 2.05) is 13.0 Å². The molecule has 0 aliphatic heterocycles. The van der Waals surface area contributed by atoms with Gasteiger partial charge in [0, 0.05) is 19.8 Å². The number of Topliss-reactive ketones (excluding diaryl/α,β-unsaturated/α-hetero) is 1. The van der Waals surface area contributed by atoms with Crippen LogP contribution in [-0.4, -0.2) is 36.2 Å². The van der Waals surface area contributed by atoms with E-state index >= 15 is 0 Å². The Balaban J connectivity index is 2.32. The Kier molecular flexibility index (Phi) is 8.00. The molecule has 29 heavy (non-hydrogen) atoms. The van der Waals surface area contributed by atoms with Crippen LogP contribution in [0.4, 0.5) is 5.69 Å². The van der Waals surface area contributed by atoms with E-state index in [1.54, 1.807) is 18.2 Å². The minimum Gasteiger partial charge on any atom is -0.511 e. The molecule has 2 N–H and O–H groups in total. The Labute approximate surface area is 171 Å². The van der Waals surface area contributed by atoms with Gasteiger partial charge in [0.15, 0.2) is 5.78 Å². The van der Waals surface area contributed by atoms with E-state index in [0.717, 1.165) is 12.0 Å². The van der Waals surface area contributed by atoms with Crippen LogP contribution < -0.4 is 10.1 Å². The molecular formula is C22H28N2O5. The number of nitrogens with zero attached hydrogens (tertiary/aromatic N) is 1. The molecule has 1 amide bonds. The number of rotatable bonds is 9. The van der Waals surface area contributed by atoms with E-state index in [1.165, 1.54) is 14.0 Å². The molecule has 0 spiro atoms. The summed E-state index contributed by atoms with van der Waals surface area (Å²) in [6.45, 7) is 7.19. The molecule has 156 valence electrons. The van der Waals surface area contributed by atoms with Gasteiger partial charge >= 0.3 is 0 Å². The van der Waals surface area contributed by atoms with E-state index in [4.69, 9.17) is 9.57 Å². The van der Waals surface area contributed by atoms with Crippen LogP contribution in [0, 0.1) is 0 Å². The van der Waals surface area contributed by atoms with Crippen molar-refractivity contribution in [2.75, 3.05) is 19.0 Å². The Morgan fingerprint density at radius 2 is 2.17 bits per heavy atom. The molecule has 1 atom stereocenters. The van der Waals surface area contributed by atoms with Gasteiger partial charge in [-0.05, 0) is 30.0 Å². The average molecular weight is 400 g/mol. The smallest absolute Gasteiger partial charge is 0.221 e. The second kappa shape index (κ2) is 10.5. The zero-order valence-electron chi connectivity index (χ0n) is 17.2. The molecule has 1 aliphatic rings. The number of carbonyl (C=O) groups is 2. The van der Waals surface area contributed by atoms with Crippen LogP contribution in [0.25, 0.3) is 0 Å². The van der Waals surface area contributed by atoms with Crippen LogP contribution in [-0.2, 0) is 14.4 Å². The fraction of sp³-hybridized carbons (Fsp3) is 0.409. The molecule has 1 aliphatic carbocycles. The van der Waals surface area contributed by atoms with Gasteiger partial charge in [0.25, 0.3) is 0 Å². The lowest BCUT2D eigenvalue weighted by atomic mass is 9.80. The molecule has 1 unspecified atom stereocenters. The zero-order valence-corrected chi connectivity index (χ0v) is 17.2. The summed E-state index contributed by atoms with van der Waals surface area (Å²) in [4.78, 5) is 29.5. The maximum atomic E-state index is 12.9. The van der Waals surface area contributed by atoms with Gasteiger partial charge < -0.3 is 20.0 Å². The van der Waals surface area contributed by atoms with Gasteiger partial charge in [-0.2, -0.15) is 0 Å². The highest BCUT2D eigenvalue weighted by atomic mass is 16.6. The topological polar surface area (TPSA) is 97.2 Å². The molecule has 0 fully saturated rings. The number of hydrogen-bond donors (Lipinski definition) is 2. The SMILES string of the molecule is C=CCON=C(CCC)C1=C(O)CC(c2ccc(OC)c(NC(C)=O)c2)CC1=O. The third-order valence-corrected chi connectivity index (χ3v) is 4.59. The summed E-state index contributed by atoms with van der Waals surface area (Å²) in [5, 5.41) is 17.4. The Morgan fingerprint density at radius 1 is 1.41 bits per heavy atom. The number of benzene rings is 1. The molecule has 1 aromatic carbocycles. The summed E-state index contributed by atoms with van der Waals surface area (Å²) in [5.74, 6) is -0.0577. The number of ketones is 1. The second-order valence-corrected chi connectivity index (χ2v) is 6.86. The molecular weight excluding hydrogens is 372 g/mol. The Morgan fingerprint density at radius 3 is 2.76 bits per heavy atom. The number of oxime groups is 1. The zero-order chi connectivity index (χ0) is 21.4. The predicted molar refractivity (Wildman–Crippen MR) is 112 cm³/mol. The first kappa shape index (κ1) is 22.2. The number of carbonyl (C=O) groups excluding carboxylic acids is 2. The molecule has 7 nitrogen and oxygen atoms in total. The number of methoxy groups -OCH3 is 1. The molecule has 0 radical (unpaired) electrons. The van der Waals surface area contributed by atoms with Crippen molar-refractivity contribution in [3.05, 3.63) is 47.7 Å². The highest BCUT2D eigenvalue weighted by molar-refractivity contribution is 6.23. The quantitative estimate of drug-likeness (QED) is 0.279. The summed E-state index contributed by atoms with van der Waals surface area (Å²) in [6.07, 6.45) is 3.40. The van der Waals surface area contributed by atoms with Gasteiger partial charge in [0.05, 0.1) is 24.1 Å². The first-order chi connectivity index (χ1) is 13.9. The number of aliphatic hydroxyl groups excluding tert-OH is 1. The highest BCUT2D eigenvalue weighted by Gasteiger charge is 2.31. The Bertz CT molecular complexity index is 842. The van der Waals surface area contributed by atoms with Gasteiger partial charge in [-0.25, -0.2) is 0 Å². The van der Waals surface area contributed by atoms with Crippen LogP contribution in [0.2, 0.25) is 0 Å². The molecule has 0 aromatic heterocycles. The number of allylic oxidation sites excluding steroid dienone is 2. The number of ether oxygens (including phenoxy) is 1. The number of nitrogens with one attached hydrogen (secondary N) is 1. The molecule has 7 heteroatoms. The monoisotopic (exact) mass is 400 g/mol. The standard InChI is InChI=1S/C22H28N2O5/c1-5-7-17(24-29-10-6-2)22-19(26)12-16(13-20(22)27)15-8-9-21(28-4)18(11-15)23-14(3)25/h6,8-9,11,16,26H,2,5,7,10,12-13H2,1,3-4H3,(H,23,25). The maximum Gasteiger partial charge on any atom is 0.221 e. The average Bonchev–Trinajstić information content (AvgIpc) is 2.67. The van der Waals surface area contributed by atoms with Crippen molar-refractivity contribution in [2.24, 2.45) is 5.16 Å². The van der Waals surface area contributed by atoms with Crippen LogP contribution in [0.5, 0.6) is 5.75 Å².